The van der Waals surface area contributed by atoms with E-state index in [9.17, 15) is 10.4 Å². The van der Waals surface area contributed by atoms with E-state index in [1.807, 2.05) is 24.3 Å². The zero-order chi connectivity index (χ0) is 13.9. The molecule has 0 unspecified atom stereocenters. The van der Waals surface area contributed by atoms with E-state index in [-0.39, 0.29) is 5.75 Å². The van der Waals surface area contributed by atoms with Crippen LogP contribution in [0.4, 0.5) is 0 Å². The van der Waals surface area contributed by atoms with Gasteiger partial charge in [0.15, 0.2) is 0 Å². The lowest BCUT2D eigenvalue weighted by Gasteiger charge is -2.09. The molecule has 3 rings (SSSR count). The highest BCUT2D eigenvalue weighted by Crippen LogP contribution is 2.26. The quantitative estimate of drug-likeness (QED) is 0.755. The summed E-state index contributed by atoms with van der Waals surface area (Å²) in [5.74, 6) is 0.0465. The Balaban J connectivity index is 2.11. The van der Waals surface area contributed by atoms with Gasteiger partial charge in [-0.1, -0.05) is 54.6 Å². The van der Waals surface area contributed by atoms with Gasteiger partial charge < -0.3 is 5.11 Å². The molecule has 0 saturated heterocycles. The zero-order valence-corrected chi connectivity index (χ0v) is 10.9. The third kappa shape index (κ3) is 2.10. The fraction of sp³-hybridized carbons (Fsp3) is 0.0556. The van der Waals surface area contributed by atoms with Gasteiger partial charge in [0.1, 0.15) is 11.8 Å². The molecule has 0 aliphatic heterocycles. The van der Waals surface area contributed by atoms with E-state index in [0.29, 0.717) is 12.0 Å². The molecule has 0 amide bonds. The van der Waals surface area contributed by atoms with Crippen LogP contribution in [0.1, 0.15) is 16.7 Å². The second kappa shape index (κ2) is 5.07. The van der Waals surface area contributed by atoms with Gasteiger partial charge in [-0.25, -0.2) is 0 Å². The van der Waals surface area contributed by atoms with Gasteiger partial charge in [-0.15, -0.1) is 0 Å². The molecule has 0 aromatic heterocycles. The van der Waals surface area contributed by atoms with Crippen LogP contribution < -0.4 is 0 Å². The van der Waals surface area contributed by atoms with Crippen LogP contribution in [0.5, 0.6) is 5.75 Å². The highest BCUT2D eigenvalue weighted by molar-refractivity contribution is 5.86. The smallest absolute Gasteiger partial charge is 0.133 e. The molecule has 0 saturated carbocycles. The normalized spacial score (nSPS) is 10.3. The Morgan fingerprint density at radius 3 is 2.40 bits per heavy atom. The van der Waals surface area contributed by atoms with E-state index in [4.69, 9.17) is 0 Å². The van der Waals surface area contributed by atoms with Gasteiger partial charge in [0, 0.05) is 0 Å². The van der Waals surface area contributed by atoms with E-state index < -0.39 is 0 Å². The largest absolute Gasteiger partial charge is 0.507 e. The van der Waals surface area contributed by atoms with Crippen molar-refractivity contribution < 1.29 is 5.11 Å². The van der Waals surface area contributed by atoms with Gasteiger partial charge >= 0.3 is 0 Å². The molecule has 0 radical (unpaired) electrons. The number of aromatic hydroxyl groups is 1. The number of nitriles is 1. The summed E-state index contributed by atoms with van der Waals surface area (Å²) in [6, 6.07) is 21.6. The van der Waals surface area contributed by atoms with Crippen molar-refractivity contribution >= 4 is 10.8 Å². The maximum absolute atomic E-state index is 9.76. The van der Waals surface area contributed by atoms with Crippen molar-refractivity contribution in [1.29, 1.82) is 5.26 Å². The average Bonchev–Trinajstić information content (AvgIpc) is 2.48. The fourth-order valence-corrected chi connectivity index (χ4v) is 2.51. The van der Waals surface area contributed by atoms with Gasteiger partial charge in [-0.3, -0.25) is 0 Å². The summed E-state index contributed by atoms with van der Waals surface area (Å²) in [4.78, 5) is 0. The van der Waals surface area contributed by atoms with E-state index in [1.165, 1.54) is 10.8 Å². The van der Waals surface area contributed by atoms with Crippen molar-refractivity contribution in [3.63, 3.8) is 0 Å². The number of phenolic OH excluding ortho intramolecular Hbond substituents is 1. The Kier molecular flexibility index (Phi) is 3.10. The third-order valence-corrected chi connectivity index (χ3v) is 3.50. The number of hydrogen-bond acceptors (Lipinski definition) is 2. The summed E-state index contributed by atoms with van der Waals surface area (Å²) in [6.07, 6.45) is 0.638. The summed E-state index contributed by atoms with van der Waals surface area (Å²) >= 11 is 0. The molecular weight excluding hydrogens is 246 g/mol. The van der Waals surface area contributed by atoms with E-state index in [1.54, 1.807) is 12.1 Å². The van der Waals surface area contributed by atoms with Crippen LogP contribution in [0.3, 0.4) is 0 Å². The Bertz CT molecular complexity index is 810. The molecule has 2 heteroatoms. The Morgan fingerprint density at radius 2 is 1.55 bits per heavy atom. The number of fused-ring (bicyclic) bond motifs is 1. The number of rotatable bonds is 2. The van der Waals surface area contributed by atoms with Crippen molar-refractivity contribution in [3.05, 3.63) is 77.4 Å². The summed E-state index contributed by atoms with van der Waals surface area (Å²) in [5.41, 5.74) is 2.37. The lowest BCUT2D eigenvalue weighted by atomic mass is 9.96. The number of benzene rings is 3. The minimum absolute atomic E-state index is 0.0465. The van der Waals surface area contributed by atoms with Crippen molar-refractivity contribution in [2.75, 3.05) is 0 Å². The van der Waals surface area contributed by atoms with E-state index in [2.05, 4.69) is 30.3 Å². The molecule has 3 aromatic carbocycles. The molecule has 3 aromatic rings. The van der Waals surface area contributed by atoms with E-state index >= 15 is 0 Å². The van der Waals surface area contributed by atoms with Crippen molar-refractivity contribution in [2.24, 2.45) is 0 Å². The van der Waals surface area contributed by atoms with Crippen LogP contribution in [0.25, 0.3) is 10.8 Å². The number of nitrogens with zero attached hydrogens (tertiary/aromatic N) is 1. The van der Waals surface area contributed by atoms with Crippen LogP contribution in [0, 0.1) is 11.3 Å². The summed E-state index contributed by atoms with van der Waals surface area (Å²) < 4.78 is 0. The highest BCUT2D eigenvalue weighted by atomic mass is 16.3. The summed E-state index contributed by atoms with van der Waals surface area (Å²) in [5, 5.41) is 21.3. The number of phenols is 1. The second-order valence-corrected chi connectivity index (χ2v) is 4.74. The minimum Gasteiger partial charge on any atom is -0.507 e. The maximum Gasteiger partial charge on any atom is 0.133 e. The molecule has 0 heterocycles. The predicted molar refractivity (Wildman–Crippen MR) is 79.6 cm³/mol. The molecule has 0 fully saturated rings. The number of hydrogen-bond donors (Lipinski definition) is 1. The fourth-order valence-electron chi connectivity index (χ4n) is 2.51. The highest BCUT2D eigenvalue weighted by Gasteiger charge is 2.09. The summed E-state index contributed by atoms with van der Waals surface area (Å²) in [7, 11) is 0. The molecule has 0 bridgehead atoms. The molecule has 0 aliphatic rings. The van der Waals surface area contributed by atoms with Crippen LogP contribution in [-0.4, -0.2) is 5.11 Å². The molecular formula is C18H13NO. The zero-order valence-electron chi connectivity index (χ0n) is 10.9. The SMILES string of the molecule is N#Cc1c(O)cccc1Cc1cccc2ccccc12. The van der Waals surface area contributed by atoms with Gasteiger partial charge in [0.05, 0.1) is 5.56 Å². The van der Waals surface area contributed by atoms with Crippen molar-refractivity contribution in [1.82, 2.24) is 0 Å². The monoisotopic (exact) mass is 259 g/mol. The van der Waals surface area contributed by atoms with Gasteiger partial charge in [0.25, 0.3) is 0 Å². The average molecular weight is 259 g/mol. The lowest BCUT2D eigenvalue weighted by Crippen LogP contribution is -1.94. The second-order valence-electron chi connectivity index (χ2n) is 4.74. The van der Waals surface area contributed by atoms with Gasteiger partial charge in [-0.2, -0.15) is 5.26 Å². The first-order chi connectivity index (χ1) is 9.79. The minimum atomic E-state index is 0.0465. The molecule has 2 nitrogen and oxygen atoms in total. The molecule has 1 N–H and O–H groups in total. The third-order valence-electron chi connectivity index (χ3n) is 3.50. The molecule has 96 valence electrons. The predicted octanol–water partition coefficient (Wildman–Crippen LogP) is 4.01. The maximum atomic E-state index is 9.76. The first-order valence-corrected chi connectivity index (χ1v) is 6.47. The summed E-state index contributed by atoms with van der Waals surface area (Å²) in [6.45, 7) is 0. The van der Waals surface area contributed by atoms with Crippen LogP contribution >= 0.6 is 0 Å². The Morgan fingerprint density at radius 1 is 0.850 bits per heavy atom. The lowest BCUT2D eigenvalue weighted by molar-refractivity contribution is 0.473. The van der Waals surface area contributed by atoms with Crippen LogP contribution in [0.15, 0.2) is 60.7 Å². The van der Waals surface area contributed by atoms with Gasteiger partial charge in [0.2, 0.25) is 0 Å². The standard InChI is InChI=1S/C18H13NO/c19-12-17-15(8-4-10-18(17)20)11-14-7-3-6-13-5-1-2-9-16(13)14/h1-10,20H,11H2. The van der Waals surface area contributed by atoms with Crippen LogP contribution in [-0.2, 0) is 6.42 Å². The molecule has 0 atom stereocenters. The van der Waals surface area contributed by atoms with Crippen molar-refractivity contribution in [3.8, 4) is 11.8 Å². The molecule has 20 heavy (non-hydrogen) atoms. The first-order valence-electron chi connectivity index (χ1n) is 6.47. The Labute approximate surface area is 117 Å². The van der Waals surface area contributed by atoms with Crippen LogP contribution in [0.2, 0.25) is 0 Å². The Hall–Kier alpha value is -2.79. The van der Waals surface area contributed by atoms with E-state index in [0.717, 1.165) is 11.1 Å². The van der Waals surface area contributed by atoms with Gasteiger partial charge in [-0.05, 0) is 34.4 Å². The first kappa shape index (κ1) is 12.3. The topological polar surface area (TPSA) is 44.0 Å². The molecule has 0 aliphatic carbocycles. The molecule has 0 spiro atoms. The van der Waals surface area contributed by atoms with Crippen molar-refractivity contribution in [2.45, 2.75) is 6.42 Å².